The summed E-state index contributed by atoms with van der Waals surface area (Å²) >= 11 is 15.4. The van der Waals surface area contributed by atoms with Crippen molar-refractivity contribution in [3.8, 4) is 0 Å². The predicted molar refractivity (Wildman–Crippen MR) is 143 cm³/mol. The molecule has 0 N–H and O–H groups in total. The molecule has 3 aromatic carbocycles. The monoisotopic (exact) mass is 636 g/mol. The Balaban J connectivity index is 1.94. The van der Waals surface area contributed by atoms with Crippen LogP contribution in [0.3, 0.4) is 0 Å². The third-order valence-electron chi connectivity index (χ3n) is 6.09. The summed E-state index contributed by atoms with van der Waals surface area (Å²) < 4.78 is 71.0. The van der Waals surface area contributed by atoms with Crippen LogP contribution in [-0.4, -0.2) is 37.7 Å². The Morgan fingerprint density at radius 3 is 2.22 bits per heavy atom. The van der Waals surface area contributed by atoms with Crippen molar-refractivity contribution >= 4 is 65.8 Å². The number of halogens is 5. The van der Waals surface area contributed by atoms with Crippen LogP contribution in [0.5, 0.6) is 0 Å². The van der Waals surface area contributed by atoms with Gasteiger partial charge in [-0.2, -0.15) is 3.71 Å². The Hall–Kier alpha value is -1.56. The maximum absolute atomic E-state index is 13.9. The first-order chi connectivity index (χ1) is 16.9. The fourth-order valence-corrected chi connectivity index (χ4v) is 8.46. The minimum atomic E-state index is -4.52. The molecule has 4 rings (SSSR count). The molecule has 0 fully saturated rings. The van der Waals surface area contributed by atoms with E-state index < -0.39 is 37.7 Å². The van der Waals surface area contributed by atoms with Gasteiger partial charge in [0, 0.05) is 10.5 Å². The molecule has 0 saturated heterocycles. The molecule has 3 aromatic rings. The highest BCUT2D eigenvalue weighted by Crippen LogP contribution is 2.40. The van der Waals surface area contributed by atoms with E-state index in [0.717, 1.165) is 56.1 Å². The van der Waals surface area contributed by atoms with Crippen LogP contribution in [0.1, 0.15) is 17.5 Å². The summed E-state index contributed by atoms with van der Waals surface area (Å²) in [6.45, 7) is 0. The van der Waals surface area contributed by atoms with Crippen molar-refractivity contribution in [1.82, 2.24) is 4.90 Å². The van der Waals surface area contributed by atoms with Gasteiger partial charge in [-0.3, -0.25) is 0 Å². The Bertz CT molecular complexity index is 1470. The van der Waals surface area contributed by atoms with E-state index >= 15 is 0 Å². The Labute approximate surface area is 229 Å². The molecule has 36 heavy (non-hydrogen) atoms. The van der Waals surface area contributed by atoms with Gasteiger partial charge in [-0.05, 0) is 93.0 Å². The number of hydrogen-bond donors (Lipinski definition) is 0. The fraction of sp³-hybridized carbons (Fsp3) is 0.250. The second kappa shape index (κ2) is 10.7. The van der Waals surface area contributed by atoms with Crippen molar-refractivity contribution in [3.05, 3.63) is 85.8 Å². The van der Waals surface area contributed by atoms with Gasteiger partial charge in [0.05, 0.1) is 25.5 Å². The highest BCUT2D eigenvalue weighted by molar-refractivity contribution is 9.10. The van der Waals surface area contributed by atoms with Crippen molar-refractivity contribution in [1.29, 1.82) is 0 Å². The minimum absolute atomic E-state index is 0.0168. The van der Waals surface area contributed by atoms with Gasteiger partial charge in [0.1, 0.15) is 11.6 Å². The van der Waals surface area contributed by atoms with Gasteiger partial charge in [-0.15, -0.1) is 0 Å². The van der Waals surface area contributed by atoms with Gasteiger partial charge in [0.25, 0.3) is 10.0 Å². The molecule has 0 aromatic heterocycles. The smallest absolute Gasteiger partial charge is 0.275 e. The van der Waals surface area contributed by atoms with Crippen molar-refractivity contribution < 1.29 is 21.4 Å². The first-order valence-electron chi connectivity index (χ1n) is 10.8. The summed E-state index contributed by atoms with van der Waals surface area (Å²) in [5.41, 5.74) is 1.84. The topological polar surface area (TPSA) is 57.7 Å². The second-order valence-electron chi connectivity index (χ2n) is 8.52. The maximum Gasteiger partial charge on any atom is 0.275 e. The summed E-state index contributed by atoms with van der Waals surface area (Å²) in [5, 5.41) is -0.687. The molecule has 5 nitrogen and oxygen atoms in total. The Morgan fingerprint density at radius 1 is 0.972 bits per heavy atom. The molecule has 0 spiro atoms. The first-order valence-corrected chi connectivity index (χ1v) is 14.9. The van der Waals surface area contributed by atoms with Gasteiger partial charge < -0.3 is 4.90 Å². The Kier molecular flexibility index (Phi) is 8.14. The van der Waals surface area contributed by atoms with E-state index in [1.54, 1.807) is 12.1 Å². The highest BCUT2D eigenvalue weighted by Gasteiger charge is 2.36. The number of nitrogens with zero attached hydrogens (tertiary/aromatic N) is 2. The van der Waals surface area contributed by atoms with E-state index in [0.29, 0.717) is 12.8 Å². The molecule has 2 atom stereocenters. The van der Waals surface area contributed by atoms with Crippen LogP contribution in [0.4, 0.5) is 14.5 Å². The van der Waals surface area contributed by atoms with Crippen LogP contribution in [0, 0.1) is 11.6 Å². The van der Waals surface area contributed by atoms with Crippen LogP contribution in [-0.2, 0) is 33.9 Å². The largest absolute Gasteiger partial charge is 0.306 e. The molecule has 12 heteroatoms. The zero-order valence-electron chi connectivity index (χ0n) is 19.1. The van der Waals surface area contributed by atoms with Crippen LogP contribution in [0.15, 0.2) is 62.8 Å². The molecular weight excluding hydrogens is 617 g/mol. The fourth-order valence-electron chi connectivity index (χ4n) is 4.13. The molecule has 0 aliphatic heterocycles. The van der Waals surface area contributed by atoms with Crippen molar-refractivity contribution in [3.63, 3.8) is 0 Å². The summed E-state index contributed by atoms with van der Waals surface area (Å²) in [6, 6.07) is 9.86. The van der Waals surface area contributed by atoms with E-state index in [-0.39, 0.29) is 26.5 Å². The molecule has 0 bridgehead atoms. The lowest BCUT2D eigenvalue weighted by molar-refractivity contribution is 0.268. The zero-order valence-corrected chi connectivity index (χ0v) is 23.9. The number of fused-ring (bicyclic) bond motifs is 1. The van der Waals surface area contributed by atoms with Gasteiger partial charge in [-0.25, -0.2) is 21.4 Å². The summed E-state index contributed by atoms with van der Waals surface area (Å²) in [6.07, 6.45) is 1.95. The minimum Gasteiger partial charge on any atom is -0.306 e. The summed E-state index contributed by atoms with van der Waals surface area (Å²) in [4.78, 5) is 1.75. The first kappa shape index (κ1) is 27.5. The lowest BCUT2D eigenvalue weighted by atomic mass is 9.87. The quantitative estimate of drug-likeness (QED) is 0.315. The van der Waals surface area contributed by atoms with Crippen LogP contribution >= 0.6 is 39.1 Å². The van der Waals surface area contributed by atoms with E-state index in [9.17, 15) is 21.4 Å². The summed E-state index contributed by atoms with van der Waals surface area (Å²) in [7, 11) is -2.92. The van der Waals surface area contributed by atoms with Gasteiger partial charge in [0.15, 0.2) is 11.0 Å². The molecule has 0 radical (unpaired) electrons. The molecule has 192 valence electrons. The SMILES string of the molecule is CN(C)[C@H]1CCc2c(N(S(=O)c3ccc(F)c(Cl)c3)S(=O)(=O)c3ccc(F)c(Cl)c3)ccc(Br)c2C1. The van der Waals surface area contributed by atoms with Crippen molar-refractivity contribution in [2.45, 2.75) is 35.1 Å². The molecule has 1 aliphatic carbocycles. The number of sulfonamides is 1. The molecule has 1 unspecified atom stereocenters. The standard InChI is InChI=1S/C24H21BrCl2F2N2O3S2/c1-30(2)14-3-6-17-18(11-14)19(25)7-10-24(17)31(35(32)15-4-8-22(28)20(26)12-15)36(33,34)16-5-9-23(29)21(27)13-16/h4-5,7-10,12-14H,3,6,11H2,1-2H3/t14-,35?/m0/s1. The van der Waals surface area contributed by atoms with E-state index in [2.05, 4.69) is 20.8 Å². The molecular formula is C24H21BrCl2F2N2O3S2. The zero-order chi connectivity index (χ0) is 26.4. The van der Waals surface area contributed by atoms with Crippen molar-refractivity contribution in [2.75, 3.05) is 17.8 Å². The van der Waals surface area contributed by atoms with E-state index in [1.807, 2.05) is 14.1 Å². The van der Waals surface area contributed by atoms with E-state index in [1.165, 1.54) is 6.07 Å². The maximum atomic E-state index is 13.9. The van der Waals surface area contributed by atoms with Gasteiger partial charge >= 0.3 is 0 Å². The number of anilines is 1. The summed E-state index contributed by atoms with van der Waals surface area (Å²) in [5.74, 6) is -1.52. The molecule has 1 aliphatic rings. The third kappa shape index (κ3) is 5.21. The molecule has 0 saturated carbocycles. The van der Waals surface area contributed by atoms with Crippen LogP contribution in [0.25, 0.3) is 0 Å². The lowest BCUT2D eigenvalue weighted by Gasteiger charge is -2.34. The second-order valence-corrected chi connectivity index (χ2v) is 13.5. The van der Waals surface area contributed by atoms with Crippen molar-refractivity contribution in [2.24, 2.45) is 0 Å². The number of hydrogen-bond acceptors (Lipinski definition) is 4. The third-order valence-corrected chi connectivity index (χ3v) is 11.0. The molecule has 0 heterocycles. The van der Waals surface area contributed by atoms with Crippen LogP contribution in [0.2, 0.25) is 10.0 Å². The predicted octanol–water partition coefficient (Wildman–Crippen LogP) is 6.37. The van der Waals surface area contributed by atoms with E-state index in [4.69, 9.17) is 23.2 Å². The number of likely N-dealkylation sites (N-methyl/N-ethyl adjacent to an activating group) is 1. The molecule has 0 amide bonds. The number of benzene rings is 3. The average Bonchev–Trinajstić information content (AvgIpc) is 2.83. The highest BCUT2D eigenvalue weighted by atomic mass is 79.9. The normalized spacial score (nSPS) is 16.6. The average molecular weight is 638 g/mol. The van der Waals surface area contributed by atoms with Crippen LogP contribution < -0.4 is 3.71 Å². The van der Waals surface area contributed by atoms with Gasteiger partial charge in [-0.1, -0.05) is 39.1 Å². The Morgan fingerprint density at radius 2 is 1.61 bits per heavy atom. The van der Waals surface area contributed by atoms with Gasteiger partial charge in [0.2, 0.25) is 0 Å². The number of rotatable bonds is 6. The lowest BCUT2D eigenvalue weighted by Crippen LogP contribution is -2.37.